The topological polar surface area (TPSA) is 105 Å². The van der Waals surface area contributed by atoms with Crippen LogP contribution in [-0.2, 0) is 4.79 Å². The lowest BCUT2D eigenvalue weighted by Crippen LogP contribution is -2.22. The van der Waals surface area contributed by atoms with Crippen molar-refractivity contribution in [1.82, 2.24) is 5.32 Å². The van der Waals surface area contributed by atoms with Gasteiger partial charge in [-0.1, -0.05) is 0 Å². The first-order valence-corrected chi connectivity index (χ1v) is 5.65. The van der Waals surface area contributed by atoms with Crippen LogP contribution in [0.1, 0.15) is 6.92 Å². The Kier molecular flexibility index (Phi) is 5.38. The molecule has 0 aliphatic carbocycles. The minimum Gasteiger partial charge on any atom is -0.508 e. The predicted octanol–water partition coefficient (Wildman–Crippen LogP) is 0.709. The minimum absolute atomic E-state index is 0.0904. The number of carbonyl (C=O) groups is 1. The summed E-state index contributed by atoms with van der Waals surface area (Å²) in [6.07, 6.45) is 0.680. The van der Waals surface area contributed by atoms with Gasteiger partial charge in [-0.2, -0.15) is 5.26 Å². The van der Waals surface area contributed by atoms with Crippen LogP contribution in [0.2, 0.25) is 0 Å². The molecular formula is C13H15N3O3. The summed E-state index contributed by atoms with van der Waals surface area (Å²) in [5.74, 6) is -0.473. The monoisotopic (exact) mass is 261 g/mol. The van der Waals surface area contributed by atoms with Crippen LogP contribution in [0, 0.1) is 11.3 Å². The third kappa shape index (κ3) is 5.10. The Balaban J connectivity index is 2.64. The van der Waals surface area contributed by atoms with Crippen molar-refractivity contribution in [3.63, 3.8) is 0 Å². The van der Waals surface area contributed by atoms with Crippen molar-refractivity contribution in [2.45, 2.75) is 13.0 Å². The summed E-state index contributed by atoms with van der Waals surface area (Å²) in [6.45, 7) is 1.83. The number of carbonyl (C=O) groups excluding carboxylic acids is 1. The Labute approximate surface area is 111 Å². The Hall–Kier alpha value is -2.52. The van der Waals surface area contributed by atoms with E-state index >= 15 is 0 Å². The summed E-state index contributed by atoms with van der Waals surface area (Å²) in [4.78, 5) is 11.7. The van der Waals surface area contributed by atoms with Gasteiger partial charge in [-0.05, 0) is 31.2 Å². The van der Waals surface area contributed by atoms with Crippen molar-refractivity contribution < 1.29 is 15.0 Å². The van der Waals surface area contributed by atoms with Crippen LogP contribution in [0.15, 0.2) is 36.0 Å². The number of aliphatic hydroxyl groups is 1. The van der Waals surface area contributed by atoms with E-state index in [0.29, 0.717) is 5.69 Å². The van der Waals surface area contributed by atoms with Crippen LogP contribution in [0.4, 0.5) is 5.69 Å². The lowest BCUT2D eigenvalue weighted by Gasteiger charge is -2.06. The van der Waals surface area contributed by atoms with Gasteiger partial charge in [0, 0.05) is 18.4 Å². The molecular weight excluding hydrogens is 246 g/mol. The van der Waals surface area contributed by atoms with E-state index in [1.165, 1.54) is 30.5 Å². The lowest BCUT2D eigenvalue weighted by molar-refractivity contribution is -0.112. The van der Waals surface area contributed by atoms with E-state index in [1.807, 2.05) is 0 Å². The smallest absolute Gasteiger partial charge is 0.267 e. The number of benzene rings is 1. The van der Waals surface area contributed by atoms with Gasteiger partial charge in [-0.3, -0.25) is 4.79 Å². The van der Waals surface area contributed by atoms with E-state index in [4.69, 9.17) is 15.5 Å². The number of rotatable bonds is 5. The van der Waals surface area contributed by atoms with Crippen LogP contribution < -0.4 is 10.6 Å². The molecule has 0 spiro atoms. The van der Waals surface area contributed by atoms with Crippen molar-refractivity contribution >= 4 is 11.6 Å². The quantitative estimate of drug-likeness (QED) is 0.355. The fraction of sp³-hybridized carbons (Fsp3) is 0.231. The van der Waals surface area contributed by atoms with Crippen LogP contribution in [-0.4, -0.2) is 28.8 Å². The highest BCUT2D eigenvalue weighted by molar-refractivity contribution is 6.06. The predicted molar refractivity (Wildman–Crippen MR) is 70.1 cm³/mol. The molecule has 1 rings (SSSR count). The number of anilines is 1. The van der Waals surface area contributed by atoms with E-state index in [1.54, 1.807) is 13.0 Å². The van der Waals surface area contributed by atoms with Crippen LogP contribution in [0.5, 0.6) is 5.75 Å². The summed E-state index contributed by atoms with van der Waals surface area (Å²) >= 11 is 0. The number of nitriles is 1. The van der Waals surface area contributed by atoms with Crippen molar-refractivity contribution in [1.29, 1.82) is 5.26 Å². The van der Waals surface area contributed by atoms with Gasteiger partial charge in [-0.25, -0.2) is 0 Å². The Morgan fingerprint density at radius 2 is 2.11 bits per heavy atom. The van der Waals surface area contributed by atoms with Crippen molar-refractivity contribution in [3.8, 4) is 11.8 Å². The summed E-state index contributed by atoms with van der Waals surface area (Å²) in [7, 11) is 0. The summed E-state index contributed by atoms with van der Waals surface area (Å²) < 4.78 is 0. The van der Waals surface area contributed by atoms with Gasteiger partial charge in [0.1, 0.15) is 17.4 Å². The zero-order valence-corrected chi connectivity index (χ0v) is 10.4. The second-order valence-electron chi connectivity index (χ2n) is 3.93. The molecule has 0 saturated heterocycles. The molecule has 0 saturated carbocycles. The van der Waals surface area contributed by atoms with Crippen LogP contribution in [0.25, 0.3) is 0 Å². The zero-order valence-electron chi connectivity index (χ0n) is 10.4. The Morgan fingerprint density at radius 1 is 1.47 bits per heavy atom. The molecule has 100 valence electrons. The molecule has 6 nitrogen and oxygen atoms in total. The number of nitrogens with zero attached hydrogens (tertiary/aromatic N) is 1. The molecule has 1 aromatic rings. The number of nitrogens with one attached hydrogen (secondary N) is 2. The minimum atomic E-state index is -0.573. The number of hydrogen-bond acceptors (Lipinski definition) is 5. The van der Waals surface area contributed by atoms with Gasteiger partial charge < -0.3 is 20.8 Å². The maximum atomic E-state index is 11.7. The maximum absolute atomic E-state index is 11.7. The van der Waals surface area contributed by atoms with Crippen molar-refractivity contribution in [3.05, 3.63) is 36.0 Å². The summed E-state index contributed by atoms with van der Waals surface area (Å²) in [5.41, 5.74) is 0.369. The van der Waals surface area contributed by atoms with Gasteiger partial charge in [-0.15, -0.1) is 0 Å². The van der Waals surface area contributed by atoms with E-state index in [2.05, 4.69) is 10.6 Å². The molecule has 1 amide bonds. The molecule has 19 heavy (non-hydrogen) atoms. The number of hydrogen-bond donors (Lipinski definition) is 4. The molecule has 0 bridgehead atoms. The number of phenols is 1. The number of amides is 1. The van der Waals surface area contributed by atoms with Crippen LogP contribution >= 0.6 is 0 Å². The van der Waals surface area contributed by atoms with Gasteiger partial charge in [0.25, 0.3) is 5.91 Å². The van der Waals surface area contributed by atoms with Gasteiger partial charge in [0.05, 0.1) is 6.10 Å². The number of phenolic OH excluding ortho intramolecular Hbond substituents is 1. The first-order chi connectivity index (χ1) is 9.02. The average Bonchev–Trinajstić information content (AvgIpc) is 2.37. The largest absolute Gasteiger partial charge is 0.508 e. The number of aliphatic hydroxyl groups excluding tert-OH is 1. The van der Waals surface area contributed by atoms with Crippen molar-refractivity contribution in [2.24, 2.45) is 0 Å². The summed E-state index contributed by atoms with van der Waals surface area (Å²) in [6, 6.07) is 7.66. The fourth-order valence-corrected chi connectivity index (χ4v) is 1.22. The standard InChI is InChI=1S/C13H15N3O3/c1-9(17)7-15-8-10(6-14)13(19)16-11-2-4-12(18)5-3-11/h2-5,8-9,15,17-18H,7H2,1H3,(H,16,19)/b10-8-. The highest BCUT2D eigenvalue weighted by Gasteiger charge is 2.09. The van der Waals surface area contributed by atoms with Crippen molar-refractivity contribution in [2.75, 3.05) is 11.9 Å². The molecule has 4 N–H and O–H groups in total. The van der Waals surface area contributed by atoms with E-state index in [-0.39, 0.29) is 17.9 Å². The molecule has 0 aliphatic heterocycles. The molecule has 0 heterocycles. The molecule has 6 heteroatoms. The zero-order chi connectivity index (χ0) is 14.3. The molecule has 0 fully saturated rings. The Morgan fingerprint density at radius 3 is 2.63 bits per heavy atom. The van der Waals surface area contributed by atoms with E-state index in [0.717, 1.165) is 0 Å². The molecule has 1 aromatic carbocycles. The number of aromatic hydroxyl groups is 1. The third-order valence-corrected chi connectivity index (χ3v) is 2.15. The molecule has 1 unspecified atom stereocenters. The molecule has 0 aromatic heterocycles. The van der Waals surface area contributed by atoms with Gasteiger partial charge >= 0.3 is 0 Å². The normalized spacial score (nSPS) is 12.4. The molecule has 0 radical (unpaired) electrons. The SMILES string of the molecule is CC(O)CN/C=C(/C#N)C(=O)Nc1ccc(O)cc1. The highest BCUT2D eigenvalue weighted by atomic mass is 16.3. The van der Waals surface area contributed by atoms with Gasteiger partial charge in [0.2, 0.25) is 0 Å². The maximum Gasteiger partial charge on any atom is 0.267 e. The third-order valence-electron chi connectivity index (χ3n) is 2.15. The first-order valence-electron chi connectivity index (χ1n) is 5.65. The van der Waals surface area contributed by atoms with Gasteiger partial charge in [0.15, 0.2) is 0 Å². The summed E-state index contributed by atoms with van der Waals surface area (Å²) in [5, 5.41) is 32.2. The first kappa shape index (κ1) is 14.5. The van der Waals surface area contributed by atoms with E-state index < -0.39 is 12.0 Å². The second-order valence-corrected chi connectivity index (χ2v) is 3.93. The average molecular weight is 261 g/mol. The fourth-order valence-electron chi connectivity index (χ4n) is 1.22. The highest BCUT2D eigenvalue weighted by Crippen LogP contribution is 2.14. The molecule has 1 atom stereocenters. The second kappa shape index (κ2) is 7.03. The Bertz CT molecular complexity index is 501. The lowest BCUT2D eigenvalue weighted by atomic mass is 10.2. The van der Waals surface area contributed by atoms with Crippen LogP contribution in [0.3, 0.4) is 0 Å². The molecule has 0 aliphatic rings. The van der Waals surface area contributed by atoms with E-state index in [9.17, 15) is 4.79 Å².